The van der Waals surface area contributed by atoms with Crippen LogP contribution in [0.5, 0.6) is 17.2 Å². The van der Waals surface area contributed by atoms with Gasteiger partial charge in [0.2, 0.25) is 5.78 Å². The smallest absolute Gasteiger partial charge is 0.235 e. The molecule has 1 aromatic heterocycles. The summed E-state index contributed by atoms with van der Waals surface area (Å²) in [4.78, 5) is 16.1. The van der Waals surface area contributed by atoms with Crippen LogP contribution in [-0.4, -0.2) is 21.0 Å². The van der Waals surface area contributed by atoms with Crippen LogP contribution < -0.4 is 4.74 Å². The summed E-state index contributed by atoms with van der Waals surface area (Å²) in [5.41, 5.74) is 3.02. The number of hydrogen-bond donors (Lipinski definition) is 3. The molecule has 6 heteroatoms. The maximum Gasteiger partial charge on any atom is 0.235 e. The number of ketones is 1. The van der Waals surface area contributed by atoms with E-state index in [-0.39, 0.29) is 34.4 Å². The van der Waals surface area contributed by atoms with Gasteiger partial charge in [-0.15, -0.1) is 0 Å². The number of benzene rings is 3. The lowest BCUT2D eigenvalue weighted by atomic mass is 10.0. The Morgan fingerprint density at radius 3 is 2.55 bits per heavy atom. The number of rotatable bonds is 2. The fourth-order valence-electron chi connectivity index (χ4n) is 3.57. The number of para-hydroxylation sites is 1. The van der Waals surface area contributed by atoms with Crippen LogP contribution in [-0.2, 0) is 0 Å². The molecule has 1 aliphatic heterocycles. The molecular weight excluding hydrogens is 373 g/mol. The highest BCUT2D eigenvalue weighted by molar-refractivity contribution is 6.17. The molecule has 0 unspecified atom stereocenters. The molecule has 1 aliphatic rings. The van der Waals surface area contributed by atoms with E-state index in [4.69, 9.17) is 4.74 Å². The Bertz CT molecular complexity index is 1320. The molecule has 0 radical (unpaired) electrons. The van der Waals surface area contributed by atoms with Crippen LogP contribution in [0.2, 0.25) is 0 Å². The van der Waals surface area contributed by atoms with Gasteiger partial charge in [-0.05, 0) is 42.0 Å². The molecule has 2 heterocycles. The van der Waals surface area contributed by atoms with E-state index in [1.807, 2.05) is 24.3 Å². The number of halogens is 1. The van der Waals surface area contributed by atoms with Gasteiger partial charge in [-0.1, -0.05) is 18.2 Å². The summed E-state index contributed by atoms with van der Waals surface area (Å²) in [7, 11) is 0. The minimum absolute atomic E-state index is 0.0113. The van der Waals surface area contributed by atoms with Crippen LogP contribution >= 0.6 is 0 Å². The molecule has 142 valence electrons. The summed E-state index contributed by atoms with van der Waals surface area (Å²) < 4.78 is 19.0. The van der Waals surface area contributed by atoms with E-state index in [0.29, 0.717) is 11.3 Å². The van der Waals surface area contributed by atoms with Crippen molar-refractivity contribution in [2.75, 3.05) is 0 Å². The van der Waals surface area contributed by atoms with E-state index in [0.717, 1.165) is 22.5 Å². The average Bonchev–Trinajstić information content (AvgIpc) is 3.21. The topological polar surface area (TPSA) is 82.6 Å². The van der Waals surface area contributed by atoms with E-state index < -0.39 is 5.78 Å². The molecule has 3 aromatic carbocycles. The van der Waals surface area contributed by atoms with E-state index in [2.05, 4.69) is 4.98 Å². The number of aromatic hydroxyl groups is 2. The largest absolute Gasteiger partial charge is 0.508 e. The molecule has 0 bridgehead atoms. The number of phenolic OH excluding ortho intramolecular Hbond substituents is 2. The third-order valence-electron chi connectivity index (χ3n) is 4.89. The second-order valence-electron chi connectivity index (χ2n) is 6.74. The van der Waals surface area contributed by atoms with Crippen LogP contribution in [0.15, 0.2) is 66.4 Å². The second kappa shape index (κ2) is 6.24. The van der Waals surface area contributed by atoms with Crippen LogP contribution in [0.1, 0.15) is 15.9 Å². The Labute approximate surface area is 164 Å². The van der Waals surface area contributed by atoms with E-state index in [1.165, 1.54) is 18.2 Å². The molecule has 0 atom stereocenters. The van der Waals surface area contributed by atoms with E-state index in [9.17, 15) is 19.4 Å². The summed E-state index contributed by atoms with van der Waals surface area (Å²) in [6.07, 6.45) is 1.59. The first-order valence-electron chi connectivity index (χ1n) is 8.88. The first kappa shape index (κ1) is 17.1. The van der Waals surface area contributed by atoms with Gasteiger partial charge in [-0.3, -0.25) is 4.79 Å². The SMILES string of the molecule is O=C1C(=Cc2c(-c3ccc(F)cc3)[nH]c3ccccc23)Oc2cc(O)cc(O)c21. The zero-order valence-corrected chi connectivity index (χ0v) is 14.9. The molecule has 3 N–H and O–H groups in total. The zero-order valence-electron chi connectivity index (χ0n) is 14.9. The van der Waals surface area contributed by atoms with Crippen LogP contribution in [0, 0.1) is 5.82 Å². The van der Waals surface area contributed by atoms with Crippen molar-refractivity contribution < 1.29 is 24.1 Å². The van der Waals surface area contributed by atoms with Gasteiger partial charge in [0, 0.05) is 28.6 Å². The highest BCUT2D eigenvalue weighted by Crippen LogP contribution is 2.41. The lowest BCUT2D eigenvalue weighted by Crippen LogP contribution is -1.98. The van der Waals surface area contributed by atoms with Crippen LogP contribution in [0.4, 0.5) is 4.39 Å². The summed E-state index contributed by atoms with van der Waals surface area (Å²) in [6.45, 7) is 0. The molecule has 0 aliphatic carbocycles. The van der Waals surface area contributed by atoms with Gasteiger partial charge in [0.1, 0.15) is 28.6 Å². The Morgan fingerprint density at radius 2 is 1.76 bits per heavy atom. The summed E-state index contributed by atoms with van der Waals surface area (Å²) in [5, 5.41) is 20.5. The number of fused-ring (bicyclic) bond motifs is 2. The summed E-state index contributed by atoms with van der Waals surface area (Å²) in [5.74, 6) is -1.24. The zero-order chi connectivity index (χ0) is 20.1. The lowest BCUT2D eigenvalue weighted by Gasteiger charge is -2.03. The predicted molar refractivity (Wildman–Crippen MR) is 106 cm³/mol. The Kier molecular flexibility index (Phi) is 3.67. The van der Waals surface area contributed by atoms with Gasteiger partial charge < -0.3 is 19.9 Å². The van der Waals surface area contributed by atoms with E-state index in [1.54, 1.807) is 18.2 Å². The Hall–Kier alpha value is -4.06. The molecule has 0 saturated carbocycles. The minimum Gasteiger partial charge on any atom is -0.508 e. The summed E-state index contributed by atoms with van der Waals surface area (Å²) in [6, 6.07) is 16.0. The molecule has 29 heavy (non-hydrogen) atoms. The number of aromatic nitrogens is 1. The molecule has 4 aromatic rings. The number of carbonyl (C=O) groups is 1. The van der Waals surface area contributed by atoms with Crippen molar-refractivity contribution in [2.24, 2.45) is 0 Å². The van der Waals surface area contributed by atoms with Gasteiger partial charge in [0.25, 0.3) is 0 Å². The number of carbonyl (C=O) groups excluding carboxylic acids is 1. The van der Waals surface area contributed by atoms with Gasteiger partial charge in [0.15, 0.2) is 5.76 Å². The van der Waals surface area contributed by atoms with E-state index >= 15 is 0 Å². The molecular formula is C23H14FNO4. The Balaban J connectivity index is 1.69. The number of phenols is 2. The fourth-order valence-corrected chi connectivity index (χ4v) is 3.57. The van der Waals surface area contributed by atoms with Crippen molar-refractivity contribution in [1.82, 2.24) is 4.98 Å². The Morgan fingerprint density at radius 1 is 1.00 bits per heavy atom. The summed E-state index contributed by atoms with van der Waals surface area (Å²) >= 11 is 0. The monoisotopic (exact) mass is 387 g/mol. The molecule has 0 spiro atoms. The first-order chi connectivity index (χ1) is 14.0. The van der Waals surface area contributed by atoms with Crippen LogP contribution in [0.25, 0.3) is 28.2 Å². The van der Waals surface area contributed by atoms with Gasteiger partial charge in [-0.25, -0.2) is 4.39 Å². The predicted octanol–water partition coefficient (Wildman–Crippen LogP) is 5.00. The third-order valence-corrected chi connectivity index (χ3v) is 4.89. The first-order valence-corrected chi connectivity index (χ1v) is 8.88. The van der Waals surface area contributed by atoms with Gasteiger partial charge >= 0.3 is 0 Å². The van der Waals surface area contributed by atoms with Crippen molar-refractivity contribution in [3.63, 3.8) is 0 Å². The van der Waals surface area contributed by atoms with Crippen molar-refractivity contribution >= 4 is 22.8 Å². The number of hydrogen-bond acceptors (Lipinski definition) is 4. The highest BCUT2D eigenvalue weighted by Gasteiger charge is 2.32. The van der Waals surface area contributed by atoms with Crippen LogP contribution in [0.3, 0.4) is 0 Å². The number of allylic oxidation sites excluding steroid dienone is 1. The third kappa shape index (κ3) is 2.73. The van der Waals surface area contributed by atoms with Crippen molar-refractivity contribution in [1.29, 1.82) is 0 Å². The van der Waals surface area contributed by atoms with Gasteiger partial charge in [-0.2, -0.15) is 0 Å². The maximum absolute atomic E-state index is 13.4. The van der Waals surface area contributed by atoms with Gasteiger partial charge in [0.05, 0.1) is 5.69 Å². The minimum atomic E-state index is -0.479. The maximum atomic E-state index is 13.4. The number of aromatic amines is 1. The van der Waals surface area contributed by atoms with Crippen molar-refractivity contribution in [2.45, 2.75) is 0 Å². The standard InChI is InChI=1S/C23H14FNO4/c24-13-7-5-12(6-8-13)22-16(15-3-1-2-4-17(15)25-22)11-20-23(28)21-18(27)9-14(26)10-19(21)29-20/h1-11,25-27H. The average molecular weight is 387 g/mol. The quantitative estimate of drug-likeness (QED) is 0.423. The molecule has 0 amide bonds. The molecule has 5 nitrogen and oxygen atoms in total. The lowest BCUT2D eigenvalue weighted by molar-refractivity contribution is 0.101. The number of H-pyrrole nitrogens is 1. The van der Waals surface area contributed by atoms with Crippen molar-refractivity contribution in [3.8, 4) is 28.5 Å². The number of nitrogens with one attached hydrogen (secondary N) is 1. The highest BCUT2D eigenvalue weighted by atomic mass is 19.1. The number of ether oxygens (including phenoxy) is 1. The van der Waals surface area contributed by atoms with Crippen molar-refractivity contribution in [3.05, 3.63) is 83.4 Å². The second-order valence-corrected chi connectivity index (χ2v) is 6.74. The number of Topliss-reactive ketones (excluding diaryl/α,β-unsaturated/α-hetero) is 1. The normalized spacial score (nSPS) is 14.4. The molecule has 0 saturated heterocycles. The molecule has 0 fully saturated rings. The fraction of sp³-hybridized carbons (Fsp3) is 0. The molecule has 5 rings (SSSR count).